The average Bonchev–Trinajstić information content (AvgIpc) is 2.61. The highest BCUT2D eigenvalue weighted by Gasteiger charge is 2.11. The number of benzene rings is 2. The quantitative estimate of drug-likeness (QED) is 0.346. The van der Waals surface area contributed by atoms with Crippen molar-refractivity contribution in [2.24, 2.45) is 10.2 Å². The third kappa shape index (κ3) is 4.23. The van der Waals surface area contributed by atoms with Crippen LogP contribution < -0.4 is 15.4 Å². The van der Waals surface area contributed by atoms with Crippen molar-refractivity contribution in [1.29, 1.82) is 0 Å². The molecular weight excluding hydrogens is 322 g/mol. The topological polar surface area (TPSA) is 106 Å². The Morgan fingerprint density at radius 3 is 2.32 bits per heavy atom. The monoisotopic (exact) mass is 343 g/mol. The number of hydrogen-bond acceptors (Lipinski definition) is 7. The Morgan fingerprint density at radius 1 is 1.12 bits per heavy atom. The van der Waals surface area contributed by atoms with Crippen LogP contribution in [-0.2, 0) is 0 Å². The molecule has 0 radical (unpaired) electrons. The number of anilines is 2. The van der Waals surface area contributed by atoms with Gasteiger partial charge < -0.3 is 15.4 Å². The molecule has 8 heteroatoms. The SMILES string of the molecule is CCN(CC)c1ccc(/N=N/c2ccc([N+](=O)[O-])cc2OC)c(N)c1. The third-order valence-corrected chi connectivity index (χ3v) is 3.78. The van der Waals surface area contributed by atoms with Crippen molar-refractivity contribution in [2.75, 3.05) is 30.8 Å². The molecular formula is C17H21N5O3. The predicted octanol–water partition coefficient (Wildman–Crippen LogP) is 4.45. The smallest absolute Gasteiger partial charge is 0.273 e. The summed E-state index contributed by atoms with van der Waals surface area (Å²) >= 11 is 0. The highest BCUT2D eigenvalue weighted by atomic mass is 16.6. The second kappa shape index (κ2) is 8.09. The summed E-state index contributed by atoms with van der Waals surface area (Å²) in [5.74, 6) is 0.274. The van der Waals surface area contributed by atoms with E-state index in [1.807, 2.05) is 12.1 Å². The van der Waals surface area contributed by atoms with E-state index in [1.54, 1.807) is 6.07 Å². The number of nitrogens with zero attached hydrogens (tertiary/aromatic N) is 4. The van der Waals surface area contributed by atoms with Crippen molar-refractivity contribution in [2.45, 2.75) is 13.8 Å². The van der Waals surface area contributed by atoms with Gasteiger partial charge >= 0.3 is 0 Å². The van der Waals surface area contributed by atoms with E-state index in [1.165, 1.54) is 25.3 Å². The highest BCUT2D eigenvalue weighted by Crippen LogP contribution is 2.34. The number of hydrogen-bond donors (Lipinski definition) is 1. The van der Waals surface area contributed by atoms with Crippen molar-refractivity contribution in [3.8, 4) is 5.75 Å². The second-order valence-corrected chi connectivity index (χ2v) is 5.23. The molecule has 2 N–H and O–H groups in total. The van der Waals surface area contributed by atoms with Crippen molar-refractivity contribution >= 4 is 28.4 Å². The molecule has 0 bridgehead atoms. The Morgan fingerprint density at radius 2 is 1.76 bits per heavy atom. The van der Waals surface area contributed by atoms with E-state index in [-0.39, 0.29) is 11.4 Å². The summed E-state index contributed by atoms with van der Waals surface area (Å²) in [7, 11) is 1.42. The van der Waals surface area contributed by atoms with Gasteiger partial charge in [-0.15, -0.1) is 10.2 Å². The molecule has 0 aliphatic carbocycles. The lowest BCUT2D eigenvalue weighted by Crippen LogP contribution is -2.21. The predicted molar refractivity (Wildman–Crippen MR) is 98.2 cm³/mol. The van der Waals surface area contributed by atoms with Crippen molar-refractivity contribution in [3.63, 3.8) is 0 Å². The van der Waals surface area contributed by atoms with Crippen molar-refractivity contribution in [3.05, 3.63) is 46.5 Å². The molecule has 0 aliphatic heterocycles. The van der Waals surface area contributed by atoms with E-state index in [9.17, 15) is 10.1 Å². The maximum atomic E-state index is 10.8. The van der Waals surface area contributed by atoms with Gasteiger partial charge in [-0.25, -0.2) is 0 Å². The molecule has 2 aromatic rings. The second-order valence-electron chi connectivity index (χ2n) is 5.23. The van der Waals surface area contributed by atoms with Gasteiger partial charge in [-0.1, -0.05) is 0 Å². The van der Waals surface area contributed by atoms with E-state index in [4.69, 9.17) is 10.5 Å². The Bertz CT molecular complexity index is 788. The Labute approximate surface area is 146 Å². The number of nitrogens with two attached hydrogens (primary N) is 1. The minimum Gasteiger partial charge on any atom is -0.494 e. The minimum atomic E-state index is -0.493. The zero-order valence-corrected chi connectivity index (χ0v) is 14.5. The number of nitro groups is 1. The van der Waals surface area contributed by atoms with Gasteiger partial charge in [-0.3, -0.25) is 10.1 Å². The summed E-state index contributed by atoms with van der Waals surface area (Å²) in [5.41, 5.74) is 8.44. The van der Waals surface area contributed by atoms with Crippen LogP contribution in [0.2, 0.25) is 0 Å². The zero-order chi connectivity index (χ0) is 18.4. The summed E-state index contributed by atoms with van der Waals surface area (Å²) in [6.07, 6.45) is 0. The molecule has 2 rings (SSSR count). The van der Waals surface area contributed by atoms with Crippen LogP contribution in [0.15, 0.2) is 46.6 Å². The van der Waals surface area contributed by atoms with Gasteiger partial charge in [0.05, 0.1) is 23.8 Å². The van der Waals surface area contributed by atoms with Crippen LogP contribution >= 0.6 is 0 Å². The van der Waals surface area contributed by atoms with E-state index in [2.05, 4.69) is 29.0 Å². The number of ether oxygens (including phenoxy) is 1. The lowest BCUT2D eigenvalue weighted by Gasteiger charge is -2.21. The Balaban J connectivity index is 2.29. The molecule has 8 nitrogen and oxygen atoms in total. The van der Waals surface area contributed by atoms with Gasteiger partial charge in [0.25, 0.3) is 5.69 Å². The maximum Gasteiger partial charge on any atom is 0.273 e. The standard InChI is InChI=1S/C17H21N5O3/c1-4-21(5-2)12-6-8-15(14(18)10-12)19-20-16-9-7-13(22(23)24)11-17(16)25-3/h6-11H,4-5,18H2,1-3H3/b20-19+. The van der Waals surface area contributed by atoms with Gasteiger partial charge in [0.15, 0.2) is 5.75 Å². The van der Waals surface area contributed by atoms with E-state index < -0.39 is 4.92 Å². The molecule has 0 atom stereocenters. The average molecular weight is 343 g/mol. The van der Waals surface area contributed by atoms with Crippen LogP contribution in [-0.4, -0.2) is 25.1 Å². The molecule has 132 valence electrons. The fourth-order valence-corrected chi connectivity index (χ4v) is 2.39. The first-order valence-corrected chi connectivity index (χ1v) is 7.88. The number of nitro benzene ring substituents is 1. The molecule has 2 aromatic carbocycles. The number of nitrogen functional groups attached to an aromatic ring is 1. The van der Waals surface area contributed by atoms with Gasteiger partial charge in [-0.05, 0) is 38.1 Å². The molecule has 0 saturated heterocycles. The third-order valence-electron chi connectivity index (χ3n) is 3.78. The first kappa shape index (κ1) is 18.2. The van der Waals surface area contributed by atoms with Gasteiger partial charge in [0.2, 0.25) is 0 Å². The van der Waals surface area contributed by atoms with Gasteiger partial charge in [0, 0.05) is 24.8 Å². The van der Waals surface area contributed by atoms with Gasteiger partial charge in [0.1, 0.15) is 11.4 Å². The zero-order valence-electron chi connectivity index (χ0n) is 14.5. The first-order valence-electron chi connectivity index (χ1n) is 7.88. The van der Waals surface area contributed by atoms with E-state index >= 15 is 0 Å². The van der Waals surface area contributed by atoms with E-state index in [0.29, 0.717) is 17.1 Å². The lowest BCUT2D eigenvalue weighted by atomic mass is 10.2. The molecule has 0 heterocycles. The summed E-state index contributed by atoms with van der Waals surface area (Å²) in [5, 5.41) is 19.1. The van der Waals surface area contributed by atoms with Crippen LogP contribution in [0.25, 0.3) is 0 Å². The van der Waals surface area contributed by atoms with Crippen molar-refractivity contribution < 1.29 is 9.66 Å². The molecule has 0 amide bonds. The molecule has 0 aliphatic rings. The van der Waals surface area contributed by atoms with Crippen LogP contribution in [0.5, 0.6) is 5.75 Å². The minimum absolute atomic E-state index is 0.0705. The first-order chi connectivity index (χ1) is 12.0. The van der Waals surface area contributed by atoms with Crippen LogP contribution in [0.3, 0.4) is 0 Å². The van der Waals surface area contributed by atoms with Crippen LogP contribution in [0.1, 0.15) is 13.8 Å². The summed E-state index contributed by atoms with van der Waals surface area (Å²) in [6.45, 7) is 5.93. The van der Waals surface area contributed by atoms with Crippen LogP contribution in [0.4, 0.5) is 28.4 Å². The number of non-ortho nitro benzene ring substituents is 1. The highest BCUT2D eigenvalue weighted by molar-refractivity contribution is 5.69. The largest absolute Gasteiger partial charge is 0.494 e. The summed E-state index contributed by atoms with van der Waals surface area (Å²) < 4.78 is 5.14. The molecule has 0 saturated carbocycles. The fraction of sp³-hybridized carbons (Fsp3) is 0.294. The maximum absolute atomic E-state index is 10.8. The number of methoxy groups -OCH3 is 1. The lowest BCUT2D eigenvalue weighted by molar-refractivity contribution is -0.384. The van der Waals surface area contributed by atoms with Crippen molar-refractivity contribution in [1.82, 2.24) is 0 Å². The molecule has 0 unspecified atom stereocenters. The van der Waals surface area contributed by atoms with E-state index in [0.717, 1.165) is 18.8 Å². The summed E-state index contributed by atoms with van der Waals surface area (Å²) in [4.78, 5) is 12.5. The molecule has 0 fully saturated rings. The van der Waals surface area contributed by atoms with Gasteiger partial charge in [-0.2, -0.15) is 0 Å². The van der Waals surface area contributed by atoms with Crippen LogP contribution in [0, 0.1) is 10.1 Å². The number of rotatable bonds is 7. The Hall–Kier alpha value is -3.16. The summed E-state index contributed by atoms with van der Waals surface area (Å²) in [6, 6.07) is 9.73. The number of azo groups is 1. The molecule has 25 heavy (non-hydrogen) atoms. The normalized spacial score (nSPS) is 10.8. The molecule has 0 spiro atoms. The fourth-order valence-electron chi connectivity index (χ4n) is 2.39. The molecule has 0 aromatic heterocycles. The Kier molecular flexibility index (Phi) is 5.89.